The molecular weight excluding hydrogens is 292 g/mol. The minimum absolute atomic E-state index is 0.127. The summed E-state index contributed by atoms with van der Waals surface area (Å²) in [5.74, 6) is -1.22. The molecule has 1 aliphatic carbocycles. The molecule has 1 saturated carbocycles. The van der Waals surface area contributed by atoms with Crippen molar-refractivity contribution < 1.29 is 14.7 Å². The van der Waals surface area contributed by atoms with Gasteiger partial charge in [0.15, 0.2) is 0 Å². The molecule has 1 amide bonds. The van der Waals surface area contributed by atoms with Crippen LogP contribution in [-0.2, 0) is 4.79 Å². The van der Waals surface area contributed by atoms with Gasteiger partial charge >= 0.3 is 5.97 Å². The third-order valence-electron chi connectivity index (χ3n) is 3.81. The van der Waals surface area contributed by atoms with Crippen molar-refractivity contribution in [3.8, 4) is 0 Å². The van der Waals surface area contributed by atoms with Gasteiger partial charge in [-0.2, -0.15) is 0 Å². The molecule has 1 aromatic carbocycles. The van der Waals surface area contributed by atoms with E-state index in [0.717, 1.165) is 5.39 Å². The zero-order valence-electron chi connectivity index (χ0n) is 11.1. The van der Waals surface area contributed by atoms with Gasteiger partial charge in [0.2, 0.25) is 0 Å². The van der Waals surface area contributed by atoms with Crippen LogP contribution >= 0.6 is 11.6 Å². The van der Waals surface area contributed by atoms with Crippen LogP contribution in [0.5, 0.6) is 0 Å². The Morgan fingerprint density at radius 3 is 2.81 bits per heavy atom. The van der Waals surface area contributed by atoms with Crippen LogP contribution in [0.3, 0.4) is 0 Å². The van der Waals surface area contributed by atoms with Crippen LogP contribution in [0.15, 0.2) is 30.5 Å². The zero-order chi connectivity index (χ0) is 15.0. The number of hydrogen-bond acceptors (Lipinski definition) is 3. The summed E-state index contributed by atoms with van der Waals surface area (Å²) >= 11 is 6.02. The molecule has 0 unspecified atom stereocenters. The molecule has 0 saturated heterocycles. The number of pyridine rings is 1. The first kappa shape index (κ1) is 13.8. The van der Waals surface area contributed by atoms with Crippen LogP contribution in [0.25, 0.3) is 10.9 Å². The number of hydrogen-bond donors (Lipinski definition) is 2. The molecule has 21 heavy (non-hydrogen) atoms. The molecule has 0 spiro atoms. The minimum atomic E-state index is -0.864. The molecule has 108 valence electrons. The molecule has 1 fully saturated rings. The van der Waals surface area contributed by atoms with Gasteiger partial charge in [-0.25, -0.2) is 0 Å². The van der Waals surface area contributed by atoms with E-state index >= 15 is 0 Å². The molecule has 1 aromatic heterocycles. The summed E-state index contributed by atoms with van der Waals surface area (Å²) in [6.07, 6.45) is 2.79. The average Bonchev–Trinajstić information content (AvgIpc) is 3.25. The first-order chi connectivity index (χ1) is 10.0. The fraction of sp³-hybridized carbons (Fsp3) is 0.267. The molecular formula is C15H13ClN2O3. The van der Waals surface area contributed by atoms with Crippen LogP contribution in [0.2, 0.25) is 5.02 Å². The van der Waals surface area contributed by atoms with Gasteiger partial charge in [0.25, 0.3) is 5.91 Å². The second kappa shape index (κ2) is 5.00. The predicted molar refractivity (Wildman–Crippen MR) is 78.4 cm³/mol. The number of carboxylic acid groups (broad SMARTS) is 1. The van der Waals surface area contributed by atoms with E-state index in [9.17, 15) is 9.59 Å². The highest BCUT2D eigenvalue weighted by atomic mass is 35.5. The van der Waals surface area contributed by atoms with Crippen molar-refractivity contribution >= 4 is 34.4 Å². The van der Waals surface area contributed by atoms with Crippen LogP contribution in [0, 0.1) is 5.41 Å². The molecule has 2 N–H and O–H groups in total. The van der Waals surface area contributed by atoms with Crippen molar-refractivity contribution in [2.45, 2.75) is 12.8 Å². The number of nitrogens with one attached hydrogen (secondary N) is 1. The Labute approximate surface area is 125 Å². The Hall–Kier alpha value is -2.14. The van der Waals surface area contributed by atoms with E-state index in [1.807, 2.05) is 6.07 Å². The number of benzene rings is 1. The Morgan fingerprint density at radius 1 is 1.38 bits per heavy atom. The molecule has 6 heteroatoms. The van der Waals surface area contributed by atoms with Gasteiger partial charge in [-0.15, -0.1) is 0 Å². The maximum absolute atomic E-state index is 12.3. The van der Waals surface area contributed by atoms with E-state index in [-0.39, 0.29) is 12.5 Å². The molecule has 0 bridgehead atoms. The minimum Gasteiger partial charge on any atom is -0.481 e. The van der Waals surface area contributed by atoms with Gasteiger partial charge in [-0.05, 0) is 31.0 Å². The normalized spacial score (nSPS) is 15.7. The van der Waals surface area contributed by atoms with E-state index in [2.05, 4.69) is 10.3 Å². The first-order valence-electron chi connectivity index (χ1n) is 6.58. The Balaban J connectivity index is 1.86. The monoisotopic (exact) mass is 304 g/mol. The number of halogens is 1. The van der Waals surface area contributed by atoms with Gasteiger partial charge in [0.1, 0.15) is 0 Å². The van der Waals surface area contributed by atoms with Crippen molar-refractivity contribution in [1.82, 2.24) is 10.3 Å². The van der Waals surface area contributed by atoms with Crippen molar-refractivity contribution in [1.29, 1.82) is 0 Å². The molecule has 0 radical (unpaired) electrons. The summed E-state index contributed by atoms with van der Waals surface area (Å²) in [6.45, 7) is 0.127. The topological polar surface area (TPSA) is 79.3 Å². The van der Waals surface area contributed by atoms with Crippen molar-refractivity contribution in [2.24, 2.45) is 5.41 Å². The molecule has 1 heterocycles. The number of fused-ring (bicyclic) bond motifs is 1. The van der Waals surface area contributed by atoms with Gasteiger partial charge in [-0.3, -0.25) is 14.6 Å². The predicted octanol–water partition coefficient (Wildman–Crippen LogP) is 2.48. The summed E-state index contributed by atoms with van der Waals surface area (Å²) in [7, 11) is 0. The van der Waals surface area contributed by atoms with Crippen LogP contribution in [0.1, 0.15) is 23.2 Å². The number of nitrogens with zero attached hydrogens (tertiary/aromatic N) is 1. The summed E-state index contributed by atoms with van der Waals surface area (Å²) in [6, 6.07) is 6.88. The van der Waals surface area contributed by atoms with E-state index < -0.39 is 11.4 Å². The second-order valence-electron chi connectivity index (χ2n) is 5.30. The smallest absolute Gasteiger partial charge is 0.311 e. The average molecular weight is 305 g/mol. The van der Waals surface area contributed by atoms with E-state index in [4.69, 9.17) is 16.7 Å². The van der Waals surface area contributed by atoms with Crippen LogP contribution in [-0.4, -0.2) is 28.5 Å². The maximum Gasteiger partial charge on any atom is 0.311 e. The number of rotatable bonds is 4. The number of carbonyl (C=O) groups excluding carboxylic acids is 1. The number of aromatic nitrogens is 1. The van der Waals surface area contributed by atoms with Gasteiger partial charge in [0, 0.05) is 23.2 Å². The third kappa shape index (κ3) is 2.56. The van der Waals surface area contributed by atoms with E-state index in [1.165, 1.54) is 0 Å². The SMILES string of the molecule is O=C(NCC1(C(=O)O)CC1)c1cc(Cl)cc2cccnc12. The van der Waals surface area contributed by atoms with Gasteiger partial charge < -0.3 is 10.4 Å². The Bertz CT molecular complexity index is 741. The number of carbonyl (C=O) groups is 2. The highest BCUT2D eigenvalue weighted by Gasteiger charge is 2.50. The standard InChI is InChI=1S/C15H13ClN2O3/c16-10-6-9-2-1-5-17-12(9)11(7-10)13(19)18-8-15(3-4-15)14(20)21/h1-2,5-7H,3-4,8H2,(H,18,19)(H,20,21). The lowest BCUT2D eigenvalue weighted by Gasteiger charge is -2.12. The largest absolute Gasteiger partial charge is 0.481 e. The van der Waals surface area contributed by atoms with Crippen LogP contribution < -0.4 is 5.32 Å². The van der Waals surface area contributed by atoms with Gasteiger partial charge in [0.05, 0.1) is 16.5 Å². The molecule has 0 atom stereocenters. The van der Waals surface area contributed by atoms with Crippen LogP contribution in [0.4, 0.5) is 0 Å². The van der Waals surface area contributed by atoms with Crippen molar-refractivity contribution in [3.05, 3.63) is 41.0 Å². The molecule has 0 aliphatic heterocycles. The summed E-state index contributed by atoms with van der Waals surface area (Å²) in [5, 5.41) is 13.0. The molecule has 2 aromatic rings. The third-order valence-corrected chi connectivity index (χ3v) is 4.03. The molecule has 3 rings (SSSR count). The lowest BCUT2D eigenvalue weighted by molar-refractivity contribution is -0.143. The molecule has 1 aliphatic rings. The second-order valence-corrected chi connectivity index (χ2v) is 5.73. The van der Waals surface area contributed by atoms with Gasteiger partial charge in [-0.1, -0.05) is 17.7 Å². The number of aliphatic carboxylic acids is 1. The van der Waals surface area contributed by atoms with Crippen molar-refractivity contribution in [3.63, 3.8) is 0 Å². The summed E-state index contributed by atoms with van der Waals surface area (Å²) in [4.78, 5) is 27.6. The first-order valence-corrected chi connectivity index (χ1v) is 6.95. The fourth-order valence-electron chi connectivity index (χ4n) is 2.29. The highest BCUT2D eigenvalue weighted by molar-refractivity contribution is 6.32. The van der Waals surface area contributed by atoms with E-state index in [0.29, 0.717) is 28.9 Å². The lowest BCUT2D eigenvalue weighted by atomic mass is 10.1. The molecule has 5 nitrogen and oxygen atoms in total. The zero-order valence-corrected chi connectivity index (χ0v) is 11.9. The fourth-order valence-corrected chi connectivity index (χ4v) is 2.52. The Morgan fingerprint density at radius 2 is 2.14 bits per heavy atom. The Kier molecular flexibility index (Phi) is 3.29. The number of amides is 1. The van der Waals surface area contributed by atoms with E-state index in [1.54, 1.807) is 24.4 Å². The number of carboxylic acids is 1. The quantitative estimate of drug-likeness (QED) is 0.909. The highest BCUT2D eigenvalue weighted by Crippen LogP contribution is 2.45. The van der Waals surface area contributed by atoms with Crippen molar-refractivity contribution in [2.75, 3.05) is 6.54 Å². The maximum atomic E-state index is 12.3. The summed E-state index contributed by atoms with van der Waals surface area (Å²) < 4.78 is 0. The summed E-state index contributed by atoms with van der Waals surface area (Å²) in [5.41, 5.74) is 0.121. The lowest BCUT2D eigenvalue weighted by Crippen LogP contribution is -2.34.